The Bertz CT molecular complexity index is 200. The molecule has 1 fully saturated rings. The van der Waals surface area contributed by atoms with Crippen LogP contribution < -0.4 is 0 Å². The summed E-state index contributed by atoms with van der Waals surface area (Å²) in [5.74, 6) is -0.935. The van der Waals surface area contributed by atoms with Crippen LogP contribution in [0.2, 0.25) is 0 Å². The molecule has 0 amide bonds. The molecule has 0 spiro atoms. The van der Waals surface area contributed by atoms with E-state index in [1.807, 2.05) is 0 Å². The summed E-state index contributed by atoms with van der Waals surface area (Å²) in [6.07, 6.45) is -1.48. The van der Waals surface area contributed by atoms with E-state index >= 15 is 0 Å². The Balaban J connectivity index is 2.74. The molecular weight excluding hydrogens is 194 g/mol. The zero-order valence-electron chi connectivity index (χ0n) is 8.09. The molecule has 1 rings (SSSR count). The van der Waals surface area contributed by atoms with Gasteiger partial charge in [-0.2, -0.15) is 0 Å². The topological polar surface area (TPSA) is 35.5 Å². The smallest absolute Gasteiger partial charge is 0.344 e. The molecule has 1 heterocycles. The highest BCUT2D eigenvalue weighted by molar-refractivity contribution is 5.80. The van der Waals surface area contributed by atoms with Gasteiger partial charge >= 0.3 is 5.97 Å². The zero-order valence-corrected chi connectivity index (χ0v) is 8.09. The minimum Gasteiger partial charge on any atom is -0.464 e. The second kappa shape index (κ2) is 4.68. The molecule has 3 nitrogen and oxygen atoms in total. The van der Waals surface area contributed by atoms with Gasteiger partial charge in [0.25, 0.3) is 6.43 Å². The average Bonchev–Trinajstić information content (AvgIpc) is 2.19. The third-order valence-electron chi connectivity index (χ3n) is 2.28. The van der Waals surface area contributed by atoms with Crippen molar-refractivity contribution < 1.29 is 23.0 Å². The summed E-state index contributed by atoms with van der Waals surface area (Å²) < 4.78 is 35.0. The van der Waals surface area contributed by atoms with E-state index in [-0.39, 0.29) is 19.6 Å². The lowest BCUT2D eigenvalue weighted by molar-refractivity contribution is -0.203. The van der Waals surface area contributed by atoms with E-state index in [0.717, 1.165) is 0 Å². The lowest BCUT2D eigenvalue weighted by Crippen LogP contribution is -2.51. The van der Waals surface area contributed by atoms with Gasteiger partial charge in [0.05, 0.1) is 6.61 Å². The molecule has 5 heteroatoms. The molecule has 14 heavy (non-hydrogen) atoms. The summed E-state index contributed by atoms with van der Waals surface area (Å²) in [5, 5.41) is 0. The number of ether oxygens (including phenoxy) is 2. The Morgan fingerprint density at radius 2 is 2.29 bits per heavy atom. The van der Waals surface area contributed by atoms with E-state index in [1.165, 1.54) is 0 Å². The summed E-state index contributed by atoms with van der Waals surface area (Å²) in [5.41, 5.74) is -2.01. The van der Waals surface area contributed by atoms with Crippen LogP contribution in [0.25, 0.3) is 0 Å². The highest BCUT2D eigenvalue weighted by Gasteiger charge is 2.50. The van der Waals surface area contributed by atoms with Crippen molar-refractivity contribution in [2.75, 3.05) is 13.2 Å². The predicted octanol–water partition coefficient (Wildman–Crippen LogP) is 1.75. The number of carbonyl (C=O) groups excluding carboxylic acids is 1. The number of esters is 1. The van der Waals surface area contributed by atoms with Gasteiger partial charge in [-0.15, -0.1) is 0 Å². The van der Waals surface area contributed by atoms with Crippen molar-refractivity contribution >= 4 is 5.97 Å². The van der Waals surface area contributed by atoms with Gasteiger partial charge in [0.1, 0.15) is 0 Å². The van der Waals surface area contributed by atoms with Crippen LogP contribution in [0.5, 0.6) is 0 Å². The minimum atomic E-state index is -2.82. The van der Waals surface area contributed by atoms with Crippen LogP contribution in [0, 0.1) is 0 Å². The van der Waals surface area contributed by atoms with Crippen molar-refractivity contribution in [2.45, 2.75) is 38.2 Å². The van der Waals surface area contributed by atoms with Crippen molar-refractivity contribution in [2.24, 2.45) is 0 Å². The van der Waals surface area contributed by atoms with E-state index in [0.29, 0.717) is 12.8 Å². The predicted molar refractivity (Wildman–Crippen MR) is 45.2 cm³/mol. The van der Waals surface area contributed by atoms with Gasteiger partial charge in [-0.05, 0) is 26.2 Å². The van der Waals surface area contributed by atoms with Crippen molar-refractivity contribution in [3.63, 3.8) is 0 Å². The molecule has 0 aliphatic carbocycles. The molecular formula is C9H14F2O3. The van der Waals surface area contributed by atoms with Crippen molar-refractivity contribution in [1.29, 1.82) is 0 Å². The van der Waals surface area contributed by atoms with Gasteiger partial charge in [0.15, 0.2) is 0 Å². The molecule has 0 aromatic heterocycles. The molecule has 0 aromatic rings. The second-order valence-corrected chi connectivity index (χ2v) is 3.22. The van der Waals surface area contributed by atoms with E-state index in [2.05, 4.69) is 4.74 Å². The molecule has 0 saturated carbocycles. The van der Waals surface area contributed by atoms with Gasteiger partial charge < -0.3 is 9.47 Å². The summed E-state index contributed by atoms with van der Waals surface area (Å²) in [4.78, 5) is 11.3. The fraction of sp³-hybridized carbons (Fsp3) is 0.889. The van der Waals surface area contributed by atoms with Gasteiger partial charge in [-0.1, -0.05) is 0 Å². The van der Waals surface area contributed by atoms with E-state index in [4.69, 9.17) is 4.74 Å². The van der Waals surface area contributed by atoms with Crippen molar-refractivity contribution in [3.8, 4) is 0 Å². The number of alkyl halides is 2. The molecule has 0 N–H and O–H groups in total. The van der Waals surface area contributed by atoms with Crippen LogP contribution in [0.4, 0.5) is 8.78 Å². The lowest BCUT2D eigenvalue weighted by Gasteiger charge is -2.33. The Kier molecular flexibility index (Phi) is 3.80. The molecule has 0 aromatic carbocycles. The normalized spacial score (nSPS) is 27.7. The van der Waals surface area contributed by atoms with Crippen LogP contribution in [0.15, 0.2) is 0 Å². The monoisotopic (exact) mass is 208 g/mol. The SMILES string of the molecule is CCOC(=O)[C@]1(C(F)F)CCCCO1. The fourth-order valence-corrected chi connectivity index (χ4v) is 1.49. The van der Waals surface area contributed by atoms with Crippen LogP contribution in [0.1, 0.15) is 26.2 Å². The van der Waals surface area contributed by atoms with Crippen LogP contribution in [0.3, 0.4) is 0 Å². The Morgan fingerprint density at radius 3 is 2.71 bits per heavy atom. The number of hydrogen-bond donors (Lipinski definition) is 0. The first-order chi connectivity index (χ1) is 6.63. The molecule has 82 valence electrons. The van der Waals surface area contributed by atoms with Gasteiger partial charge in [-0.25, -0.2) is 13.6 Å². The van der Waals surface area contributed by atoms with Crippen molar-refractivity contribution in [1.82, 2.24) is 0 Å². The number of carbonyl (C=O) groups is 1. The Labute approximate surface area is 81.4 Å². The molecule has 1 aliphatic rings. The van der Waals surface area contributed by atoms with E-state index in [9.17, 15) is 13.6 Å². The first-order valence-corrected chi connectivity index (χ1v) is 4.73. The number of halogens is 2. The maximum absolute atomic E-state index is 12.7. The Hall–Kier alpha value is -0.710. The van der Waals surface area contributed by atoms with E-state index in [1.54, 1.807) is 6.92 Å². The molecule has 0 radical (unpaired) electrons. The molecule has 0 unspecified atom stereocenters. The summed E-state index contributed by atoms with van der Waals surface area (Å²) in [7, 11) is 0. The summed E-state index contributed by atoms with van der Waals surface area (Å²) in [6, 6.07) is 0. The molecule has 0 bridgehead atoms. The number of hydrogen-bond acceptors (Lipinski definition) is 3. The average molecular weight is 208 g/mol. The maximum Gasteiger partial charge on any atom is 0.344 e. The Morgan fingerprint density at radius 1 is 1.57 bits per heavy atom. The first kappa shape index (κ1) is 11.4. The summed E-state index contributed by atoms with van der Waals surface area (Å²) in [6.45, 7) is 1.87. The van der Waals surface area contributed by atoms with Gasteiger partial charge in [-0.3, -0.25) is 0 Å². The molecule has 1 saturated heterocycles. The zero-order chi connectivity index (χ0) is 10.6. The third kappa shape index (κ3) is 2.03. The minimum absolute atomic E-state index is 0.0451. The van der Waals surface area contributed by atoms with Gasteiger partial charge in [0, 0.05) is 6.61 Å². The largest absolute Gasteiger partial charge is 0.464 e. The van der Waals surface area contributed by atoms with Gasteiger partial charge in [0.2, 0.25) is 5.60 Å². The maximum atomic E-state index is 12.7. The third-order valence-corrected chi connectivity index (χ3v) is 2.28. The van der Waals surface area contributed by atoms with Crippen LogP contribution in [-0.2, 0) is 14.3 Å². The van der Waals surface area contributed by atoms with Crippen LogP contribution >= 0.6 is 0 Å². The molecule has 1 atom stereocenters. The van der Waals surface area contributed by atoms with Crippen LogP contribution in [-0.4, -0.2) is 31.2 Å². The summed E-state index contributed by atoms with van der Waals surface area (Å²) >= 11 is 0. The second-order valence-electron chi connectivity index (χ2n) is 3.22. The molecule has 1 aliphatic heterocycles. The number of rotatable bonds is 3. The first-order valence-electron chi connectivity index (χ1n) is 4.73. The van der Waals surface area contributed by atoms with Crippen molar-refractivity contribution in [3.05, 3.63) is 0 Å². The standard InChI is InChI=1S/C9H14F2O3/c1-2-13-8(12)9(7(10)11)5-3-4-6-14-9/h7H,2-6H2,1H3/t9-/m1/s1. The van der Waals surface area contributed by atoms with E-state index < -0.39 is 18.0 Å². The fourth-order valence-electron chi connectivity index (χ4n) is 1.49. The highest BCUT2D eigenvalue weighted by atomic mass is 19.3. The lowest BCUT2D eigenvalue weighted by atomic mass is 9.94. The quantitative estimate of drug-likeness (QED) is 0.663. The highest BCUT2D eigenvalue weighted by Crippen LogP contribution is 2.32.